The van der Waals surface area contributed by atoms with Crippen molar-refractivity contribution in [3.63, 3.8) is 0 Å². The second-order valence-electron chi connectivity index (χ2n) is 8.95. The number of nitrogens with one attached hydrogen (secondary N) is 1. The molecular formula is C23H36N4O. The second kappa shape index (κ2) is 8.54. The van der Waals surface area contributed by atoms with Crippen molar-refractivity contribution in [1.82, 2.24) is 19.7 Å². The van der Waals surface area contributed by atoms with Crippen molar-refractivity contribution in [2.24, 2.45) is 0 Å². The number of H-pyrrole nitrogens is 1. The van der Waals surface area contributed by atoms with Gasteiger partial charge in [0.15, 0.2) is 0 Å². The quantitative estimate of drug-likeness (QED) is 0.832. The van der Waals surface area contributed by atoms with Gasteiger partial charge in [0, 0.05) is 61.5 Å². The molecule has 4 rings (SSSR count). The maximum Gasteiger partial charge on any atom is 0.0459 e. The predicted molar refractivity (Wildman–Crippen MR) is 116 cm³/mol. The van der Waals surface area contributed by atoms with Crippen molar-refractivity contribution in [2.75, 3.05) is 46.4 Å². The fourth-order valence-corrected chi connectivity index (χ4v) is 5.17. The first-order chi connectivity index (χ1) is 13.5. The summed E-state index contributed by atoms with van der Waals surface area (Å²) in [7, 11) is 2.23. The Balaban J connectivity index is 1.45. The van der Waals surface area contributed by atoms with Gasteiger partial charge in [-0.3, -0.25) is 9.80 Å². The number of likely N-dealkylation sites (tertiary alicyclic amines) is 1. The number of fused-ring (bicyclic) bond motifs is 1. The van der Waals surface area contributed by atoms with E-state index in [0.29, 0.717) is 12.1 Å². The number of piperidine rings is 1. The summed E-state index contributed by atoms with van der Waals surface area (Å²) in [5.74, 6) is 0. The number of hydrogen-bond donors (Lipinski definition) is 2. The third kappa shape index (κ3) is 4.13. The molecule has 2 aliphatic heterocycles. The fourth-order valence-electron chi connectivity index (χ4n) is 5.17. The van der Waals surface area contributed by atoms with Gasteiger partial charge in [0.25, 0.3) is 0 Å². The average Bonchev–Trinajstić information content (AvgIpc) is 2.98. The van der Waals surface area contributed by atoms with Gasteiger partial charge in [-0.15, -0.1) is 0 Å². The van der Waals surface area contributed by atoms with E-state index >= 15 is 0 Å². The Morgan fingerprint density at radius 2 is 1.89 bits per heavy atom. The molecule has 1 aromatic carbocycles. The van der Waals surface area contributed by atoms with Gasteiger partial charge in [-0.05, 0) is 70.9 Å². The maximum atomic E-state index is 9.66. The molecule has 2 saturated heterocycles. The number of nitrogens with zero attached hydrogens (tertiary/aromatic N) is 3. The molecule has 2 fully saturated rings. The number of benzene rings is 1. The molecule has 0 radical (unpaired) electrons. The van der Waals surface area contributed by atoms with E-state index in [1.807, 2.05) is 0 Å². The highest BCUT2D eigenvalue weighted by atomic mass is 16.3. The zero-order valence-electron chi connectivity index (χ0n) is 17.7. The molecule has 0 spiro atoms. The van der Waals surface area contributed by atoms with Crippen molar-refractivity contribution in [3.8, 4) is 0 Å². The van der Waals surface area contributed by atoms with Crippen LogP contribution in [0.1, 0.15) is 36.1 Å². The normalized spacial score (nSPS) is 23.6. The smallest absolute Gasteiger partial charge is 0.0459 e. The van der Waals surface area contributed by atoms with Gasteiger partial charge in [0.2, 0.25) is 0 Å². The number of hydrogen-bond acceptors (Lipinski definition) is 4. The minimum absolute atomic E-state index is 0.284. The molecule has 5 heteroatoms. The van der Waals surface area contributed by atoms with E-state index in [-0.39, 0.29) is 6.61 Å². The molecule has 0 bridgehead atoms. The molecule has 2 aliphatic rings. The Morgan fingerprint density at radius 3 is 2.64 bits per heavy atom. The Hall–Kier alpha value is -1.40. The van der Waals surface area contributed by atoms with Crippen molar-refractivity contribution < 1.29 is 5.11 Å². The minimum Gasteiger partial charge on any atom is -0.396 e. The summed E-state index contributed by atoms with van der Waals surface area (Å²) >= 11 is 0. The van der Waals surface area contributed by atoms with E-state index in [0.717, 1.165) is 32.6 Å². The van der Waals surface area contributed by atoms with Gasteiger partial charge in [-0.25, -0.2) is 0 Å². The first-order valence-corrected chi connectivity index (χ1v) is 10.9. The highest BCUT2D eigenvalue weighted by Gasteiger charge is 2.33. The zero-order valence-corrected chi connectivity index (χ0v) is 17.7. The van der Waals surface area contributed by atoms with Crippen LogP contribution in [-0.4, -0.2) is 83.3 Å². The van der Waals surface area contributed by atoms with E-state index in [1.54, 1.807) is 0 Å². The SMILES string of the molecule is Cc1ccc2[nH]c(CN3CCN(C4CCN(C)CC4)[C@@H](CCO)C3)c(C)c2c1. The van der Waals surface area contributed by atoms with Crippen molar-refractivity contribution in [3.05, 3.63) is 35.0 Å². The lowest BCUT2D eigenvalue weighted by Crippen LogP contribution is -2.58. The maximum absolute atomic E-state index is 9.66. The van der Waals surface area contributed by atoms with Gasteiger partial charge in [-0.2, -0.15) is 0 Å². The van der Waals surface area contributed by atoms with Crippen LogP contribution in [0, 0.1) is 13.8 Å². The Bertz CT molecular complexity index is 793. The lowest BCUT2D eigenvalue weighted by Gasteiger charge is -2.47. The zero-order chi connectivity index (χ0) is 19.7. The van der Waals surface area contributed by atoms with Crippen molar-refractivity contribution in [2.45, 2.75) is 51.7 Å². The molecule has 0 unspecified atom stereocenters. The molecule has 0 saturated carbocycles. The number of aromatic amines is 1. The van der Waals surface area contributed by atoms with E-state index in [9.17, 15) is 5.11 Å². The fraction of sp³-hybridized carbons (Fsp3) is 0.652. The standard InChI is InChI=1S/C23H36N4O/c1-17-4-5-22-21(14-17)18(2)23(24-22)16-26-11-12-27(20(15-26)8-13-28)19-6-9-25(3)10-7-19/h4-5,14,19-20,24,28H,6-13,15-16H2,1-3H3/t20-/m0/s1. The molecule has 0 aliphatic carbocycles. The van der Waals surface area contributed by atoms with Crippen LogP contribution in [0.5, 0.6) is 0 Å². The number of aryl methyl sites for hydroxylation is 2. The largest absolute Gasteiger partial charge is 0.396 e. The van der Waals surface area contributed by atoms with Crippen LogP contribution in [-0.2, 0) is 6.54 Å². The predicted octanol–water partition coefficient (Wildman–Crippen LogP) is 2.75. The molecule has 1 atom stereocenters. The summed E-state index contributed by atoms with van der Waals surface area (Å²) in [6, 6.07) is 7.83. The molecule has 154 valence electrons. The summed E-state index contributed by atoms with van der Waals surface area (Å²) in [6.07, 6.45) is 3.41. The molecule has 0 amide bonds. The number of aliphatic hydroxyl groups is 1. The van der Waals surface area contributed by atoms with Crippen LogP contribution >= 0.6 is 0 Å². The van der Waals surface area contributed by atoms with Crippen LogP contribution in [0.15, 0.2) is 18.2 Å². The molecule has 1 aromatic heterocycles. The van der Waals surface area contributed by atoms with E-state index in [2.05, 4.69) is 58.8 Å². The molecule has 3 heterocycles. The summed E-state index contributed by atoms with van der Waals surface area (Å²) in [4.78, 5) is 11.4. The minimum atomic E-state index is 0.284. The van der Waals surface area contributed by atoms with Crippen molar-refractivity contribution in [1.29, 1.82) is 0 Å². The van der Waals surface area contributed by atoms with Gasteiger partial charge in [0.1, 0.15) is 0 Å². The summed E-state index contributed by atoms with van der Waals surface area (Å²) in [5.41, 5.74) is 5.29. The van der Waals surface area contributed by atoms with Crippen molar-refractivity contribution >= 4 is 10.9 Å². The number of aliphatic hydroxyl groups excluding tert-OH is 1. The third-order valence-corrected chi connectivity index (χ3v) is 6.93. The van der Waals surface area contributed by atoms with Gasteiger partial charge in [0.05, 0.1) is 0 Å². The van der Waals surface area contributed by atoms with E-state index < -0.39 is 0 Å². The van der Waals surface area contributed by atoms with E-state index in [4.69, 9.17) is 0 Å². The summed E-state index contributed by atoms with van der Waals surface area (Å²) < 4.78 is 0. The van der Waals surface area contributed by atoms with Gasteiger partial charge >= 0.3 is 0 Å². The Morgan fingerprint density at radius 1 is 1.11 bits per heavy atom. The monoisotopic (exact) mass is 384 g/mol. The van der Waals surface area contributed by atoms with Crippen LogP contribution in [0.3, 0.4) is 0 Å². The molecule has 28 heavy (non-hydrogen) atoms. The lowest BCUT2D eigenvalue weighted by atomic mass is 9.98. The summed E-state index contributed by atoms with van der Waals surface area (Å²) in [6.45, 7) is 11.4. The number of piperazine rings is 1. The average molecular weight is 385 g/mol. The van der Waals surface area contributed by atoms with Gasteiger partial charge < -0.3 is 15.0 Å². The second-order valence-corrected chi connectivity index (χ2v) is 8.95. The topological polar surface area (TPSA) is 45.7 Å². The molecular weight excluding hydrogens is 348 g/mol. The van der Waals surface area contributed by atoms with Crippen LogP contribution < -0.4 is 0 Å². The Kier molecular flexibility index (Phi) is 6.07. The van der Waals surface area contributed by atoms with Gasteiger partial charge in [-0.1, -0.05) is 11.6 Å². The highest BCUT2D eigenvalue weighted by Crippen LogP contribution is 2.27. The Labute approximate surface area is 169 Å². The van der Waals surface area contributed by atoms with Crippen LogP contribution in [0.2, 0.25) is 0 Å². The van der Waals surface area contributed by atoms with Crippen LogP contribution in [0.25, 0.3) is 10.9 Å². The highest BCUT2D eigenvalue weighted by molar-refractivity contribution is 5.85. The molecule has 5 nitrogen and oxygen atoms in total. The third-order valence-electron chi connectivity index (χ3n) is 6.93. The summed E-state index contributed by atoms with van der Waals surface area (Å²) in [5, 5.41) is 11.0. The molecule has 2 N–H and O–H groups in total. The number of aromatic nitrogens is 1. The molecule has 2 aromatic rings. The lowest BCUT2D eigenvalue weighted by molar-refractivity contribution is 0.00566. The van der Waals surface area contributed by atoms with Crippen LogP contribution in [0.4, 0.5) is 0 Å². The first kappa shape index (κ1) is 19.9. The first-order valence-electron chi connectivity index (χ1n) is 10.9. The van der Waals surface area contributed by atoms with E-state index in [1.165, 1.54) is 53.7 Å². The number of rotatable bonds is 5.